The molecule has 5 heteroatoms. The van der Waals surface area contributed by atoms with Crippen LogP contribution in [0.1, 0.15) is 16.8 Å². The van der Waals surface area contributed by atoms with Gasteiger partial charge in [-0.05, 0) is 49.4 Å². The smallest absolute Gasteiger partial charge is 0.251 e. The largest absolute Gasteiger partial charge is 0.369 e. The highest BCUT2D eigenvalue weighted by molar-refractivity contribution is 9.10. The van der Waals surface area contributed by atoms with Crippen LogP contribution in [0.4, 0.5) is 5.69 Å². The number of carbonyl (C=O) groups excluding carboxylic acids is 1. The van der Waals surface area contributed by atoms with Gasteiger partial charge in [0.25, 0.3) is 5.91 Å². The minimum absolute atomic E-state index is 0.00129. The molecule has 0 atom stereocenters. The average molecular weight is 402 g/mol. The lowest BCUT2D eigenvalue weighted by Crippen LogP contribution is -2.47. The summed E-state index contributed by atoms with van der Waals surface area (Å²) >= 11 is 3.38. The maximum Gasteiger partial charge on any atom is 0.251 e. The van der Waals surface area contributed by atoms with Crippen LogP contribution in [0, 0.1) is 0 Å². The van der Waals surface area contributed by atoms with Gasteiger partial charge in [0.1, 0.15) is 0 Å². The van der Waals surface area contributed by atoms with Crippen molar-refractivity contribution >= 4 is 27.5 Å². The molecule has 0 aliphatic carbocycles. The van der Waals surface area contributed by atoms with Crippen molar-refractivity contribution in [2.75, 3.05) is 44.2 Å². The van der Waals surface area contributed by atoms with Crippen LogP contribution >= 0.6 is 15.9 Å². The highest BCUT2D eigenvalue weighted by Gasteiger charge is 2.16. The third kappa shape index (κ3) is 5.31. The summed E-state index contributed by atoms with van der Waals surface area (Å²) in [6.07, 6.45) is 0.980. The second-order valence-electron chi connectivity index (χ2n) is 6.28. The van der Waals surface area contributed by atoms with Gasteiger partial charge in [0, 0.05) is 48.4 Å². The third-order valence-corrected chi connectivity index (χ3v) is 5.07. The van der Waals surface area contributed by atoms with E-state index >= 15 is 0 Å². The number of amides is 1. The summed E-state index contributed by atoms with van der Waals surface area (Å²) in [4.78, 5) is 17.0. The van der Waals surface area contributed by atoms with E-state index in [4.69, 9.17) is 0 Å². The summed E-state index contributed by atoms with van der Waals surface area (Å²) in [5.41, 5.74) is 2.02. The Bertz CT molecular complexity index is 667. The molecule has 2 aromatic carbocycles. The Balaban J connectivity index is 1.34. The molecule has 0 unspecified atom stereocenters. The molecule has 0 saturated carbocycles. The van der Waals surface area contributed by atoms with Crippen molar-refractivity contribution in [3.8, 4) is 0 Å². The van der Waals surface area contributed by atoms with Gasteiger partial charge in [-0.1, -0.05) is 34.1 Å². The van der Waals surface area contributed by atoms with Crippen LogP contribution in [-0.2, 0) is 0 Å². The minimum Gasteiger partial charge on any atom is -0.369 e. The van der Waals surface area contributed by atoms with Crippen LogP contribution in [0.5, 0.6) is 0 Å². The second-order valence-corrected chi connectivity index (χ2v) is 7.20. The summed E-state index contributed by atoms with van der Waals surface area (Å²) in [5, 5.41) is 3.00. The average Bonchev–Trinajstić information content (AvgIpc) is 2.67. The van der Waals surface area contributed by atoms with Crippen LogP contribution < -0.4 is 10.2 Å². The van der Waals surface area contributed by atoms with Crippen molar-refractivity contribution in [1.29, 1.82) is 0 Å². The van der Waals surface area contributed by atoms with Gasteiger partial charge < -0.3 is 10.2 Å². The van der Waals surface area contributed by atoms with Crippen molar-refractivity contribution in [3.05, 3.63) is 64.6 Å². The Morgan fingerprint density at radius 1 is 0.960 bits per heavy atom. The van der Waals surface area contributed by atoms with E-state index in [-0.39, 0.29) is 5.91 Å². The molecule has 1 fully saturated rings. The van der Waals surface area contributed by atoms with Gasteiger partial charge in [-0.25, -0.2) is 0 Å². The molecule has 132 valence electrons. The van der Waals surface area contributed by atoms with Crippen molar-refractivity contribution in [2.45, 2.75) is 6.42 Å². The fourth-order valence-electron chi connectivity index (χ4n) is 3.08. The number of hydrogen-bond acceptors (Lipinski definition) is 3. The fourth-order valence-corrected chi connectivity index (χ4v) is 3.34. The van der Waals surface area contributed by atoms with Crippen LogP contribution in [0.15, 0.2) is 59.1 Å². The summed E-state index contributed by atoms with van der Waals surface area (Å²) in [6, 6.07) is 18.0. The van der Waals surface area contributed by atoms with Gasteiger partial charge in [-0.3, -0.25) is 9.69 Å². The Kier molecular flexibility index (Phi) is 6.48. The topological polar surface area (TPSA) is 35.6 Å². The highest BCUT2D eigenvalue weighted by Crippen LogP contribution is 2.15. The predicted molar refractivity (Wildman–Crippen MR) is 106 cm³/mol. The van der Waals surface area contributed by atoms with Gasteiger partial charge in [0.2, 0.25) is 0 Å². The molecule has 0 radical (unpaired) electrons. The predicted octanol–water partition coefficient (Wildman–Crippen LogP) is 3.39. The van der Waals surface area contributed by atoms with E-state index in [1.165, 1.54) is 5.69 Å². The number of halogens is 1. The summed E-state index contributed by atoms with van der Waals surface area (Å²) in [5.74, 6) is 0.00129. The molecule has 1 aliphatic rings. The third-order valence-electron chi connectivity index (χ3n) is 4.54. The van der Waals surface area contributed by atoms with E-state index in [9.17, 15) is 4.79 Å². The SMILES string of the molecule is O=C(NCCCN1CCN(c2ccccc2)CC1)c1ccc(Br)cc1. The Morgan fingerprint density at radius 2 is 1.64 bits per heavy atom. The van der Waals surface area contributed by atoms with Gasteiger partial charge in [-0.2, -0.15) is 0 Å². The summed E-state index contributed by atoms with van der Waals surface area (Å²) in [7, 11) is 0. The van der Waals surface area contributed by atoms with Gasteiger partial charge >= 0.3 is 0 Å². The first-order valence-corrected chi connectivity index (χ1v) is 9.58. The number of hydrogen-bond donors (Lipinski definition) is 1. The number of nitrogens with one attached hydrogen (secondary N) is 1. The number of rotatable bonds is 6. The molecule has 1 saturated heterocycles. The van der Waals surface area contributed by atoms with E-state index in [2.05, 4.69) is 61.4 Å². The molecule has 1 amide bonds. The number of piperazine rings is 1. The molecular weight excluding hydrogens is 378 g/mol. The molecule has 0 spiro atoms. The number of anilines is 1. The van der Waals surface area contributed by atoms with Crippen molar-refractivity contribution in [1.82, 2.24) is 10.2 Å². The highest BCUT2D eigenvalue weighted by atomic mass is 79.9. The van der Waals surface area contributed by atoms with Gasteiger partial charge in [0.05, 0.1) is 0 Å². The molecule has 0 bridgehead atoms. The summed E-state index contributed by atoms with van der Waals surface area (Å²) < 4.78 is 0.985. The molecule has 3 rings (SSSR count). The molecule has 1 heterocycles. The summed E-state index contributed by atoms with van der Waals surface area (Å²) in [6.45, 7) is 6.03. The van der Waals surface area contributed by atoms with Gasteiger partial charge in [0.15, 0.2) is 0 Å². The van der Waals surface area contributed by atoms with Gasteiger partial charge in [-0.15, -0.1) is 0 Å². The van der Waals surface area contributed by atoms with E-state index in [0.29, 0.717) is 12.1 Å². The number of benzene rings is 2. The molecule has 1 N–H and O–H groups in total. The van der Waals surface area contributed by atoms with Crippen molar-refractivity contribution in [3.63, 3.8) is 0 Å². The van der Waals surface area contributed by atoms with Crippen molar-refractivity contribution in [2.24, 2.45) is 0 Å². The Hall–Kier alpha value is -1.85. The molecular formula is C20H24BrN3O. The zero-order valence-electron chi connectivity index (χ0n) is 14.3. The van der Waals surface area contributed by atoms with Crippen LogP contribution in [0.25, 0.3) is 0 Å². The van der Waals surface area contributed by atoms with E-state index < -0.39 is 0 Å². The second kappa shape index (κ2) is 9.02. The molecule has 0 aromatic heterocycles. The lowest BCUT2D eigenvalue weighted by molar-refractivity contribution is 0.0951. The number of carbonyl (C=O) groups is 1. The fraction of sp³-hybridized carbons (Fsp3) is 0.350. The number of para-hydroxylation sites is 1. The number of nitrogens with zero attached hydrogens (tertiary/aromatic N) is 2. The van der Waals surface area contributed by atoms with Crippen LogP contribution in [-0.4, -0.2) is 50.1 Å². The first-order chi connectivity index (χ1) is 12.2. The maximum absolute atomic E-state index is 12.1. The van der Waals surface area contributed by atoms with E-state index in [1.54, 1.807) is 0 Å². The Labute approximate surface area is 158 Å². The van der Waals surface area contributed by atoms with Crippen LogP contribution in [0.3, 0.4) is 0 Å². The quantitative estimate of drug-likeness (QED) is 0.753. The maximum atomic E-state index is 12.1. The first-order valence-electron chi connectivity index (χ1n) is 8.78. The zero-order chi connectivity index (χ0) is 17.5. The molecule has 25 heavy (non-hydrogen) atoms. The van der Waals surface area contributed by atoms with Crippen LogP contribution in [0.2, 0.25) is 0 Å². The lowest BCUT2D eigenvalue weighted by atomic mass is 10.2. The normalized spacial score (nSPS) is 15.2. The van der Waals surface area contributed by atoms with Crippen molar-refractivity contribution < 1.29 is 4.79 Å². The molecule has 1 aliphatic heterocycles. The van der Waals surface area contributed by atoms with E-state index in [1.807, 2.05) is 24.3 Å². The molecule has 2 aromatic rings. The minimum atomic E-state index is 0.00129. The first kappa shape index (κ1) is 18.0. The monoisotopic (exact) mass is 401 g/mol. The van der Waals surface area contributed by atoms with E-state index in [0.717, 1.165) is 43.6 Å². The zero-order valence-corrected chi connectivity index (χ0v) is 15.9. The Morgan fingerprint density at radius 3 is 2.32 bits per heavy atom. The standard InChI is InChI=1S/C20H24BrN3O/c21-18-9-7-17(8-10-18)20(25)22-11-4-12-23-13-15-24(16-14-23)19-5-2-1-3-6-19/h1-3,5-10H,4,11-16H2,(H,22,25). The molecule has 4 nitrogen and oxygen atoms in total. The lowest BCUT2D eigenvalue weighted by Gasteiger charge is -2.36.